The average Bonchev–Trinajstić information content (AvgIpc) is 2.87. The maximum atomic E-state index is 13.2. The largest absolute Gasteiger partial charge is 0.465 e. The number of amides is 1. The van der Waals surface area contributed by atoms with Crippen LogP contribution in [-0.2, 0) is 15.3 Å². The molecule has 1 N–H and O–H groups in total. The number of benzene rings is 3. The summed E-state index contributed by atoms with van der Waals surface area (Å²) in [4.78, 5) is 29.9. The van der Waals surface area contributed by atoms with Crippen molar-refractivity contribution in [3.8, 4) is 0 Å². The predicted molar refractivity (Wildman–Crippen MR) is 131 cm³/mol. The summed E-state index contributed by atoms with van der Waals surface area (Å²) < 4.78 is 4.79. The minimum Gasteiger partial charge on any atom is -0.465 e. The van der Waals surface area contributed by atoms with Crippen molar-refractivity contribution < 1.29 is 14.3 Å². The van der Waals surface area contributed by atoms with Crippen LogP contribution in [0.25, 0.3) is 5.70 Å². The fourth-order valence-electron chi connectivity index (χ4n) is 3.75. The number of hydrogen-bond acceptors (Lipinski definition) is 7. The van der Waals surface area contributed by atoms with E-state index in [4.69, 9.17) is 26.4 Å². The second-order valence-corrected chi connectivity index (χ2v) is 9.00. The summed E-state index contributed by atoms with van der Waals surface area (Å²) in [7, 11) is 1.34. The van der Waals surface area contributed by atoms with E-state index < -0.39 is 12.1 Å². The fourth-order valence-corrected chi connectivity index (χ4v) is 4.68. The molecule has 170 valence electrons. The second-order valence-electron chi connectivity index (χ2n) is 7.60. The lowest BCUT2D eigenvalue weighted by atomic mass is 10.1. The van der Waals surface area contributed by atoms with Gasteiger partial charge in [0.2, 0.25) is 0 Å². The maximum Gasteiger partial charge on any atom is 0.337 e. The van der Waals surface area contributed by atoms with Gasteiger partial charge in [0.15, 0.2) is 11.3 Å². The number of ether oxygens (including phenoxy) is 1. The number of carbonyl (C=O) groups is 2. The lowest BCUT2D eigenvalue weighted by molar-refractivity contribution is -0.116. The second kappa shape index (κ2) is 9.32. The number of halogens is 1. The van der Waals surface area contributed by atoms with Gasteiger partial charge >= 0.3 is 5.97 Å². The first kappa shape index (κ1) is 22.2. The molecular formula is C25H19ClN4O3S. The Morgan fingerprint density at radius 3 is 2.56 bits per heavy atom. The topological polar surface area (TPSA) is 83.4 Å². The Morgan fingerprint density at radius 2 is 1.82 bits per heavy atom. The molecule has 1 amide bonds. The number of thioether (sulfide) groups is 1. The number of nitrogens with zero attached hydrogens (tertiary/aromatic N) is 3. The van der Waals surface area contributed by atoms with Crippen LogP contribution in [0.4, 0.5) is 0 Å². The van der Waals surface area contributed by atoms with Crippen LogP contribution >= 0.6 is 23.4 Å². The van der Waals surface area contributed by atoms with Gasteiger partial charge < -0.3 is 4.74 Å². The zero-order chi connectivity index (χ0) is 23.7. The SMILES string of the molecule is COC(=O)c1ccc([C@H]2N=c3ccccc3=C3C(=O)NC(SCc4ccc(Cl)cc4)=NN32)cc1. The summed E-state index contributed by atoms with van der Waals surface area (Å²) in [5.74, 6) is -0.0424. The molecule has 0 fully saturated rings. The molecule has 9 heteroatoms. The van der Waals surface area contributed by atoms with Crippen molar-refractivity contribution >= 4 is 46.1 Å². The first-order chi connectivity index (χ1) is 16.5. The molecule has 0 saturated carbocycles. The fraction of sp³-hybridized carbons (Fsp3) is 0.120. The van der Waals surface area contributed by atoms with Gasteiger partial charge in [-0.15, -0.1) is 5.10 Å². The molecule has 3 aromatic rings. The lowest BCUT2D eigenvalue weighted by Gasteiger charge is -2.34. The summed E-state index contributed by atoms with van der Waals surface area (Å²) >= 11 is 7.39. The molecule has 0 saturated heterocycles. The molecule has 2 aliphatic heterocycles. The van der Waals surface area contributed by atoms with Crippen molar-refractivity contribution in [3.63, 3.8) is 0 Å². The van der Waals surface area contributed by atoms with Crippen LogP contribution in [-0.4, -0.2) is 29.2 Å². The highest BCUT2D eigenvalue weighted by Crippen LogP contribution is 2.31. The van der Waals surface area contributed by atoms with Crippen LogP contribution in [0.3, 0.4) is 0 Å². The van der Waals surface area contributed by atoms with E-state index in [-0.39, 0.29) is 5.91 Å². The Balaban J connectivity index is 1.52. The van der Waals surface area contributed by atoms with Crippen molar-refractivity contribution in [2.45, 2.75) is 11.9 Å². The molecule has 2 heterocycles. The highest BCUT2D eigenvalue weighted by Gasteiger charge is 2.34. The van der Waals surface area contributed by atoms with Gasteiger partial charge in [-0.3, -0.25) is 15.1 Å². The lowest BCUT2D eigenvalue weighted by Crippen LogP contribution is -2.50. The molecule has 0 radical (unpaired) electrons. The van der Waals surface area contributed by atoms with Crippen molar-refractivity contribution in [3.05, 3.63) is 105 Å². The van der Waals surface area contributed by atoms with Gasteiger partial charge in [-0.1, -0.05) is 65.8 Å². The Labute approximate surface area is 204 Å². The van der Waals surface area contributed by atoms with Crippen molar-refractivity contribution in [2.75, 3.05) is 7.11 Å². The maximum absolute atomic E-state index is 13.2. The summed E-state index contributed by atoms with van der Waals surface area (Å²) in [6, 6.07) is 22.0. The summed E-state index contributed by atoms with van der Waals surface area (Å²) in [6.07, 6.45) is -0.561. The number of hydrogen-bond donors (Lipinski definition) is 1. The summed E-state index contributed by atoms with van der Waals surface area (Å²) in [5, 5.41) is 11.9. The normalized spacial score (nSPS) is 16.6. The highest BCUT2D eigenvalue weighted by atomic mass is 35.5. The molecule has 5 rings (SSSR count). The molecule has 3 aromatic carbocycles. The van der Waals surface area contributed by atoms with E-state index in [9.17, 15) is 9.59 Å². The van der Waals surface area contributed by atoms with E-state index in [2.05, 4.69) is 5.32 Å². The number of hydrazone groups is 1. The smallest absolute Gasteiger partial charge is 0.337 e. The average molecular weight is 491 g/mol. The number of amidine groups is 1. The van der Waals surface area contributed by atoms with Gasteiger partial charge in [0, 0.05) is 16.0 Å². The first-order valence-electron chi connectivity index (χ1n) is 10.5. The minimum absolute atomic E-state index is 0.243. The van der Waals surface area contributed by atoms with Gasteiger partial charge in [-0.25, -0.2) is 9.80 Å². The first-order valence-corrected chi connectivity index (χ1v) is 11.8. The number of nitrogens with one attached hydrogen (secondary N) is 1. The van der Waals surface area contributed by atoms with E-state index in [0.29, 0.717) is 37.8 Å². The third-order valence-electron chi connectivity index (χ3n) is 5.43. The quantitative estimate of drug-likeness (QED) is 0.568. The van der Waals surface area contributed by atoms with Crippen LogP contribution in [0, 0.1) is 0 Å². The number of rotatable bonds is 4. The zero-order valence-corrected chi connectivity index (χ0v) is 19.6. The van der Waals surface area contributed by atoms with Gasteiger partial charge in [0.25, 0.3) is 5.91 Å². The van der Waals surface area contributed by atoms with Crippen LogP contribution in [0.15, 0.2) is 82.9 Å². The van der Waals surface area contributed by atoms with Gasteiger partial charge in [-0.05, 0) is 41.5 Å². The zero-order valence-electron chi connectivity index (χ0n) is 18.1. The highest BCUT2D eigenvalue weighted by molar-refractivity contribution is 8.13. The summed E-state index contributed by atoms with van der Waals surface area (Å²) in [5.41, 5.74) is 2.72. The monoisotopic (exact) mass is 490 g/mol. The Hall–Kier alpha value is -3.62. The van der Waals surface area contributed by atoms with Crippen molar-refractivity contribution in [2.24, 2.45) is 10.1 Å². The standard InChI is InChI=1S/C25H19ClN4O3S/c1-33-24(32)17-10-8-16(9-11-17)22-27-20-5-3-2-4-19(20)21-23(31)28-25(29-30(21)22)34-14-15-6-12-18(26)13-7-15/h2-13,22H,14H2,1H3,(H,28,29,31)/t22-/m0/s1. The van der Waals surface area contributed by atoms with E-state index in [0.717, 1.165) is 11.1 Å². The number of methoxy groups -OCH3 is 1. The minimum atomic E-state index is -0.561. The van der Waals surface area contributed by atoms with E-state index in [1.807, 2.05) is 48.5 Å². The summed E-state index contributed by atoms with van der Waals surface area (Å²) in [6.45, 7) is 0. The predicted octanol–water partition coefficient (Wildman–Crippen LogP) is 3.20. The van der Waals surface area contributed by atoms with Gasteiger partial charge in [0.1, 0.15) is 5.70 Å². The van der Waals surface area contributed by atoms with Crippen LogP contribution in [0.5, 0.6) is 0 Å². The molecule has 0 bridgehead atoms. The number of para-hydroxylation sites is 1. The third kappa shape index (κ3) is 4.30. The molecule has 7 nitrogen and oxygen atoms in total. The van der Waals surface area contributed by atoms with Crippen molar-refractivity contribution in [1.29, 1.82) is 0 Å². The molecule has 0 aliphatic carbocycles. The van der Waals surface area contributed by atoms with E-state index >= 15 is 0 Å². The van der Waals surface area contributed by atoms with Gasteiger partial charge in [-0.2, -0.15) is 0 Å². The van der Waals surface area contributed by atoms with E-state index in [1.165, 1.54) is 18.9 Å². The third-order valence-corrected chi connectivity index (χ3v) is 6.62. The van der Waals surface area contributed by atoms with Crippen molar-refractivity contribution in [1.82, 2.24) is 10.3 Å². The molecule has 0 spiro atoms. The molecule has 34 heavy (non-hydrogen) atoms. The Kier molecular flexibility index (Phi) is 6.08. The van der Waals surface area contributed by atoms with Crippen LogP contribution < -0.4 is 15.9 Å². The Bertz CT molecular complexity index is 1420. The molecule has 0 aromatic heterocycles. The number of carbonyl (C=O) groups excluding carboxylic acids is 2. The molecule has 0 unspecified atom stereocenters. The number of esters is 1. The number of fused-ring (bicyclic) bond motifs is 2. The molecular weight excluding hydrogens is 472 g/mol. The van der Waals surface area contributed by atoms with Crippen LogP contribution in [0.2, 0.25) is 5.02 Å². The molecule has 2 aliphatic rings. The Morgan fingerprint density at radius 1 is 1.09 bits per heavy atom. The van der Waals surface area contributed by atoms with E-state index in [1.54, 1.807) is 29.3 Å². The van der Waals surface area contributed by atoms with Gasteiger partial charge in [0.05, 0.1) is 18.0 Å². The van der Waals surface area contributed by atoms with Crippen LogP contribution in [0.1, 0.15) is 27.7 Å². The molecule has 1 atom stereocenters.